The molecule has 0 radical (unpaired) electrons. The zero-order chi connectivity index (χ0) is 19.5. The van der Waals surface area contributed by atoms with Crippen LogP contribution in [0.1, 0.15) is 18.1 Å². The number of rotatable bonds is 6. The Kier molecular flexibility index (Phi) is 5.92. The molecule has 6 nitrogen and oxygen atoms in total. The lowest BCUT2D eigenvalue weighted by atomic mass is 10.1. The number of carbonyl (C=O) groups excluding carboxylic acids is 1. The van der Waals surface area contributed by atoms with Gasteiger partial charge < -0.3 is 10.1 Å². The molecule has 1 amide bonds. The molecule has 0 heterocycles. The van der Waals surface area contributed by atoms with Gasteiger partial charge in [0.15, 0.2) is 0 Å². The number of benzene rings is 2. The van der Waals surface area contributed by atoms with Crippen molar-refractivity contribution in [2.24, 2.45) is 0 Å². The third kappa shape index (κ3) is 4.54. The number of anilines is 2. The SMILES string of the molecule is COc1cccc(NC(=O)[C@@H](C)N(c2ccc(C)c(C)c2)S(C)(=O)=O)c1. The first-order valence-electron chi connectivity index (χ1n) is 8.15. The first-order chi connectivity index (χ1) is 12.1. The number of ether oxygens (including phenoxy) is 1. The number of sulfonamides is 1. The van der Waals surface area contributed by atoms with Gasteiger partial charge in [0.2, 0.25) is 15.9 Å². The first kappa shape index (κ1) is 19.8. The van der Waals surface area contributed by atoms with Crippen molar-refractivity contribution in [1.82, 2.24) is 0 Å². The largest absolute Gasteiger partial charge is 0.497 e. The number of hydrogen-bond donors (Lipinski definition) is 1. The minimum Gasteiger partial charge on any atom is -0.497 e. The van der Waals surface area contributed by atoms with Gasteiger partial charge in [0.25, 0.3) is 0 Å². The summed E-state index contributed by atoms with van der Waals surface area (Å²) in [7, 11) is -2.11. The average molecular weight is 376 g/mol. The van der Waals surface area contributed by atoms with E-state index in [1.807, 2.05) is 19.9 Å². The number of nitrogens with zero attached hydrogens (tertiary/aromatic N) is 1. The highest BCUT2D eigenvalue weighted by atomic mass is 32.2. The Morgan fingerprint density at radius 1 is 1.12 bits per heavy atom. The van der Waals surface area contributed by atoms with E-state index >= 15 is 0 Å². The maximum absolute atomic E-state index is 12.7. The van der Waals surface area contributed by atoms with Gasteiger partial charge in [-0.1, -0.05) is 12.1 Å². The minimum atomic E-state index is -3.65. The van der Waals surface area contributed by atoms with Crippen LogP contribution in [-0.4, -0.2) is 33.7 Å². The van der Waals surface area contributed by atoms with Gasteiger partial charge >= 0.3 is 0 Å². The van der Waals surface area contributed by atoms with E-state index in [2.05, 4.69) is 5.32 Å². The summed E-state index contributed by atoms with van der Waals surface area (Å²) in [6.07, 6.45) is 1.09. The number of aryl methyl sites for hydroxylation is 2. The van der Waals surface area contributed by atoms with Gasteiger partial charge in [-0.15, -0.1) is 0 Å². The molecule has 26 heavy (non-hydrogen) atoms. The first-order valence-corrected chi connectivity index (χ1v) is 10.00. The minimum absolute atomic E-state index is 0.429. The molecule has 0 aliphatic rings. The highest BCUT2D eigenvalue weighted by Gasteiger charge is 2.29. The fraction of sp³-hybridized carbons (Fsp3) is 0.316. The normalized spacial score (nSPS) is 12.3. The monoisotopic (exact) mass is 376 g/mol. The fourth-order valence-electron chi connectivity index (χ4n) is 2.62. The second-order valence-corrected chi connectivity index (χ2v) is 8.08. The molecule has 0 fully saturated rings. The summed E-state index contributed by atoms with van der Waals surface area (Å²) in [4.78, 5) is 12.7. The number of hydrogen-bond acceptors (Lipinski definition) is 4. The summed E-state index contributed by atoms with van der Waals surface area (Å²) in [6.45, 7) is 5.41. The van der Waals surface area contributed by atoms with E-state index in [4.69, 9.17) is 4.74 Å². The summed E-state index contributed by atoms with van der Waals surface area (Å²) in [5.74, 6) is 0.173. The number of nitrogens with one attached hydrogen (secondary N) is 1. The molecule has 2 aromatic rings. The molecule has 2 rings (SSSR count). The van der Waals surface area contributed by atoms with Crippen molar-refractivity contribution in [2.75, 3.05) is 23.0 Å². The Labute approximate surface area is 154 Å². The van der Waals surface area contributed by atoms with Gasteiger partial charge in [-0.2, -0.15) is 0 Å². The van der Waals surface area contributed by atoms with Crippen molar-refractivity contribution in [3.63, 3.8) is 0 Å². The molecule has 0 aliphatic carbocycles. The maximum atomic E-state index is 12.7. The third-order valence-electron chi connectivity index (χ3n) is 4.17. The van der Waals surface area contributed by atoms with Crippen LogP contribution in [0.3, 0.4) is 0 Å². The highest BCUT2D eigenvalue weighted by molar-refractivity contribution is 7.92. The summed E-state index contributed by atoms with van der Waals surface area (Å²) in [5, 5.41) is 2.74. The van der Waals surface area contributed by atoms with Crippen molar-refractivity contribution < 1.29 is 17.9 Å². The van der Waals surface area contributed by atoms with E-state index in [1.165, 1.54) is 7.11 Å². The lowest BCUT2D eigenvalue weighted by Crippen LogP contribution is -2.45. The van der Waals surface area contributed by atoms with Crippen LogP contribution in [-0.2, 0) is 14.8 Å². The van der Waals surface area contributed by atoms with Crippen molar-refractivity contribution in [1.29, 1.82) is 0 Å². The van der Waals surface area contributed by atoms with Gasteiger partial charge in [-0.05, 0) is 56.2 Å². The van der Waals surface area contributed by atoms with E-state index in [0.717, 1.165) is 21.7 Å². The lowest BCUT2D eigenvalue weighted by molar-refractivity contribution is -0.116. The van der Waals surface area contributed by atoms with Crippen molar-refractivity contribution in [3.8, 4) is 5.75 Å². The van der Waals surface area contributed by atoms with Crippen LogP contribution in [0.25, 0.3) is 0 Å². The van der Waals surface area contributed by atoms with Crippen LogP contribution in [0.2, 0.25) is 0 Å². The Morgan fingerprint density at radius 2 is 1.81 bits per heavy atom. The third-order valence-corrected chi connectivity index (χ3v) is 5.41. The molecule has 0 bridgehead atoms. The van der Waals surface area contributed by atoms with Gasteiger partial charge in [0.05, 0.1) is 19.1 Å². The van der Waals surface area contributed by atoms with E-state index in [0.29, 0.717) is 17.1 Å². The zero-order valence-electron chi connectivity index (χ0n) is 15.6. The summed E-state index contributed by atoms with van der Waals surface area (Å²) in [6, 6.07) is 11.3. The molecular weight excluding hydrogens is 352 g/mol. The zero-order valence-corrected chi connectivity index (χ0v) is 16.4. The molecule has 140 valence electrons. The van der Waals surface area contributed by atoms with Crippen LogP contribution in [0, 0.1) is 13.8 Å². The van der Waals surface area contributed by atoms with Crippen LogP contribution in [0.15, 0.2) is 42.5 Å². The Hall–Kier alpha value is -2.54. The van der Waals surface area contributed by atoms with Crippen LogP contribution >= 0.6 is 0 Å². The van der Waals surface area contributed by atoms with E-state index in [1.54, 1.807) is 43.3 Å². The Bertz CT molecular complexity index is 910. The highest BCUT2D eigenvalue weighted by Crippen LogP contribution is 2.25. The fourth-order valence-corrected chi connectivity index (χ4v) is 3.79. The summed E-state index contributed by atoms with van der Waals surface area (Å²) >= 11 is 0. The average Bonchev–Trinajstić information content (AvgIpc) is 2.57. The predicted octanol–water partition coefficient (Wildman–Crippen LogP) is 3.11. The lowest BCUT2D eigenvalue weighted by Gasteiger charge is -2.28. The molecule has 0 spiro atoms. The van der Waals surface area contributed by atoms with E-state index in [9.17, 15) is 13.2 Å². The molecule has 7 heteroatoms. The number of methoxy groups -OCH3 is 1. The van der Waals surface area contributed by atoms with Crippen molar-refractivity contribution >= 4 is 27.3 Å². The molecule has 0 aromatic heterocycles. The molecule has 1 atom stereocenters. The quantitative estimate of drug-likeness (QED) is 0.840. The van der Waals surface area contributed by atoms with Gasteiger partial charge in [-0.3, -0.25) is 9.10 Å². The van der Waals surface area contributed by atoms with Gasteiger partial charge in [0.1, 0.15) is 11.8 Å². The van der Waals surface area contributed by atoms with Crippen molar-refractivity contribution in [2.45, 2.75) is 26.8 Å². The predicted molar refractivity (Wildman–Crippen MR) is 104 cm³/mol. The summed E-state index contributed by atoms with van der Waals surface area (Å²) in [5.41, 5.74) is 3.01. The van der Waals surface area contributed by atoms with Gasteiger partial charge in [0, 0.05) is 11.8 Å². The molecule has 0 saturated heterocycles. The van der Waals surface area contributed by atoms with Crippen molar-refractivity contribution in [3.05, 3.63) is 53.6 Å². The van der Waals surface area contributed by atoms with E-state index in [-0.39, 0.29) is 0 Å². The Balaban J connectivity index is 2.32. The number of carbonyl (C=O) groups is 1. The van der Waals surface area contributed by atoms with Crippen LogP contribution < -0.4 is 14.4 Å². The van der Waals surface area contributed by atoms with Gasteiger partial charge in [-0.25, -0.2) is 8.42 Å². The molecular formula is C19H24N2O4S. The second kappa shape index (κ2) is 7.78. The smallest absolute Gasteiger partial charge is 0.247 e. The maximum Gasteiger partial charge on any atom is 0.247 e. The second-order valence-electron chi connectivity index (χ2n) is 6.22. The molecule has 0 unspecified atom stereocenters. The summed E-state index contributed by atoms with van der Waals surface area (Å²) < 4.78 is 31.0. The van der Waals surface area contributed by atoms with E-state index < -0.39 is 22.0 Å². The van der Waals surface area contributed by atoms with Crippen LogP contribution in [0.5, 0.6) is 5.75 Å². The molecule has 0 aliphatic heterocycles. The topological polar surface area (TPSA) is 75.7 Å². The van der Waals surface area contributed by atoms with Crippen LogP contribution in [0.4, 0.5) is 11.4 Å². The Morgan fingerprint density at radius 3 is 2.38 bits per heavy atom. The molecule has 0 saturated carbocycles. The molecule has 2 aromatic carbocycles. The molecule has 1 N–H and O–H groups in total. The number of amides is 1. The standard InChI is InChI=1S/C19H24N2O4S/c1-13-9-10-17(11-14(13)2)21(26(5,23)24)15(3)19(22)20-16-7-6-8-18(12-16)25-4/h6-12,15H,1-5H3,(H,20,22)/t15-/m1/s1.